The Hall–Kier alpha value is -3.16. The lowest BCUT2D eigenvalue weighted by Crippen LogP contribution is -2.40. The van der Waals surface area contributed by atoms with E-state index in [0.29, 0.717) is 31.2 Å². The van der Waals surface area contributed by atoms with E-state index in [4.69, 9.17) is 16.3 Å². The van der Waals surface area contributed by atoms with Gasteiger partial charge in [-0.25, -0.2) is 9.79 Å². The highest BCUT2D eigenvalue weighted by atomic mass is 35.5. The van der Waals surface area contributed by atoms with Gasteiger partial charge in [0.25, 0.3) is 5.56 Å². The molecule has 1 atom stereocenters. The van der Waals surface area contributed by atoms with E-state index in [9.17, 15) is 14.7 Å². The van der Waals surface area contributed by atoms with Crippen LogP contribution < -0.4 is 14.9 Å². The highest BCUT2D eigenvalue weighted by molar-refractivity contribution is 7.07. The molecule has 0 amide bonds. The number of benzene rings is 2. The number of aromatic hydroxyl groups is 1. The van der Waals surface area contributed by atoms with E-state index in [2.05, 4.69) is 46.5 Å². The quantitative estimate of drug-likeness (QED) is 0.408. The maximum atomic E-state index is 14.0. The molecule has 206 valence electrons. The first-order valence-electron chi connectivity index (χ1n) is 13.0. The fourth-order valence-electron chi connectivity index (χ4n) is 4.82. The zero-order valence-electron chi connectivity index (χ0n) is 23.7. The molecule has 1 aliphatic heterocycles. The van der Waals surface area contributed by atoms with Crippen molar-refractivity contribution in [3.05, 3.63) is 94.6 Å². The van der Waals surface area contributed by atoms with Crippen molar-refractivity contribution >= 4 is 35.0 Å². The number of esters is 1. The minimum atomic E-state index is -0.772. The molecule has 0 unspecified atom stereocenters. The van der Waals surface area contributed by atoms with Gasteiger partial charge in [-0.1, -0.05) is 82.7 Å². The van der Waals surface area contributed by atoms with Crippen LogP contribution in [0.2, 0.25) is 5.02 Å². The van der Waals surface area contributed by atoms with Gasteiger partial charge in [0.1, 0.15) is 11.8 Å². The predicted molar refractivity (Wildman–Crippen MR) is 157 cm³/mol. The number of fused-ring (bicyclic) bond motifs is 1. The molecular weight excluding hydrogens is 532 g/mol. The summed E-state index contributed by atoms with van der Waals surface area (Å²) in [4.78, 5) is 32.2. The molecule has 39 heavy (non-hydrogen) atoms. The molecule has 8 heteroatoms. The van der Waals surface area contributed by atoms with Gasteiger partial charge in [-0.05, 0) is 60.1 Å². The van der Waals surface area contributed by atoms with Crippen LogP contribution in [0, 0.1) is 0 Å². The molecule has 0 aliphatic carbocycles. The lowest BCUT2D eigenvalue weighted by molar-refractivity contribution is -0.139. The molecule has 0 saturated carbocycles. The van der Waals surface area contributed by atoms with Gasteiger partial charge in [-0.2, -0.15) is 0 Å². The van der Waals surface area contributed by atoms with Crippen molar-refractivity contribution in [2.45, 2.75) is 72.3 Å². The van der Waals surface area contributed by atoms with Crippen LogP contribution >= 0.6 is 22.9 Å². The number of aromatic nitrogens is 1. The van der Waals surface area contributed by atoms with Crippen LogP contribution in [0.1, 0.15) is 83.7 Å². The van der Waals surface area contributed by atoms with Gasteiger partial charge in [0.2, 0.25) is 0 Å². The number of phenolic OH excluding ortho intramolecular Hbond substituents is 1. The molecule has 1 aliphatic rings. The van der Waals surface area contributed by atoms with Gasteiger partial charge in [0, 0.05) is 16.1 Å². The number of ether oxygens (including phenoxy) is 1. The highest BCUT2D eigenvalue weighted by Gasteiger charge is 2.34. The first-order chi connectivity index (χ1) is 18.1. The van der Waals surface area contributed by atoms with Gasteiger partial charge < -0.3 is 9.84 Å². The van der Waals surface area contributed by atoms with Gasteiger partial charge in [-0.15, -0.1) is 0 Å². The van der Waals surface area contributed by atoms with Crippen LogP contribution in [0.3, 0.4) is 0 Å². The van der Waals surface area contributed by atoms with Crippen molar-refractivity contribution in [2.75, 3.05) is 6.61 Å². The molecule has 3 aromatic rings. The van der Waals surface area contributed by atoms with Crippen molar-refractivity contribution in [1.29, 1.82) is 0 Å². The van der Waals surface area contributed by atoms with Gasteiger partial charge >= 0.3 is 5.97 Å². The van der Waals surface area contributed by atoms with Crippen molar-refractivity contribution in [3.8, 4) is 5.75 Å². The maximum Gasteiger partial charge on any atom is 0.338 e. The van der Waals surface area contributed by atoms with Crippen LogP contribution in [-0.2, 0) is 20.4 Å². The van der Waals surface area contributed by atoms with E-state index < -0.39 is 12.0 Å². The van der Waals surface area contributed by atoms with Crippen LogP contribution in [-0.4, -0.2) is 22.2 Å². The second-order valence-corrected chi connectivity index (χ2v) is 13.2. The average molecular weight is 567 g/mol. The number of thiazole rings is 1. The number of allylic oxidation sites excluding steroid dienone is 1. The summed E-state index contributed by atoms with van der Waals surface area (Å²) in [6, 6.07) is 10.3. The summed E-state index contributed by atoms with van der Waals surface area (Å²) in [7, 11) is 0. The van der Waals surface area contributed by atoms with E-state index in [1.54, 1.807) is 26.0 Å². The Kier molecular flexibility index (Phi) is 7.71. The van der Waals surface area contributed by atoms with Crippen LogP contribution in [0.15, 0.2) is 57.5 Å². The molecular formula is C31H35ClN2O4S. The van der Waals surface area contributed by atoms with Crippen molar-refractivity contribution in [2.24, 2.45) is 4.99 Å². The molecule has 2 heterocycles. The largest absolute Gasteiger partial charge is 0.507 e. The Bertz CT molecular complexity index is 1630. The molecule has 0 saturated heterocycles. The van der Waals surface area contributed by atoms with Crippen molar-refractivity contribution in [3.63, 3.8) is 0 Å². The van der Waals surface area contributed by atoms with Crippen LogP contribution in [0.5, 0.6) is 5.75 Å². The normalized spacial score (nSPS) is 16.2. The van der Waals surface area contributed by atoms with Crippen molar-refractivity contribution < 1.29 is 14.6 Å². The van der Waals surface area contributed by atoms with Gasteiger partial charge in [0.15, 0.2) is 4.80 Å². The Morgan fingerprint density at radius 1 is 1.13 bits per heavy atom. The van der Waals surface area contributed by atoms with Gasteiger partial charge in [-0.3, -0.25) is 9.36 Å². The molecule has 0 radical (unpaired) electrons. The number of carbonyl (C=O) groups excluding carboxylic acids is 1. The second kappa shape index (κ2) is 10.4. The molecule has 6 nitrogen and oxygen atoms in total. The number of nitrogens with zero attached hydrogens (tertiary/aromatic N) is 2. The summed E-state index contributed by atoms with van der Waals surface area (Å²) in [5, 5.41) is 11.6. The fourth-order valence-corrected chi connectivity index (χ4v) is 6.10. The first kappa shape index (κ1) is 28.8. The number of phenols is 1. The minimum absolute atomic E-state index is 0.197. The summed E-state index contributed by atoms with van der Waals surface area (Å²) < 4.78 is 7.36. The van der Waals surface area contributed by atoms with Gasteiger partial charge in [0.05, 0.1) is 22.4 Å². The number of halogens is 1. The standard InChI is InChI=1S/C31H35ClN2O4S/c1-9-38-28(37)24-17(2)33-29-34(25(24)19-12-10-11-13-22(19)32)27(36)23(39-29)16-18-14-20(30(3,4)5)26(35)21(15-18)31(6,7)8/h10-16,25,35H,9H2,1-8H3/b23-16+/t25-/m1/s1. The number of carbonyl (C=O) groups is 1. The zero-order valence-corrected chi connectivity index (χ0v) is 25.3. The topological polar surface area (TPSA) is 80.9 Å². The first-order valence-corrected chi connectivity index (χ1v) is 14.2. The van der Waals surface area contributed by atoms with E-state index >= 15 is 0 Å². The minimum Gasteiger partial charge on any atom is -0.507 e. The van der Waals surface area contributed by atoms with E-state index in [-0.39, 0.29) is 28.7 Å². The van der Waals surface area contributed by atoms with Crippen LogP contribution in [0.25, 0.3) is 6.08 Å². The smallest absolute Gasteiger partial charge is 0.338 e. The third-order valence-electron chi connectivity index (χ3n) is 6.76. The molecule has 0 spiro atoms. The Morgan fingerprint density at radius 3 is 2.26 bits per heavy atom. The predicted octanol–water partition coefficient (Wildman–Crippen LogP) is 5.75. The zero-order chi connectivity index (χ0) is 28.9. The number of rotatable bonds is 4. The fraction of sp³-hybridized carbons (Fsp3) is 0.387. The highest BCUT2D eigenvalue weighted by Crippen LogP contribution is 2.40. The Morgan fingerprint density at radius 2 is 1.72 bits per heavy atom. The molecule has 0 fully saturated rings. The number of hydrogen-bond acceptors (Lipinski definition) is 6. The maximum absolute atomic E-state index is 14.0. The molecule has 0 bridgehead atoms. The van der Waals surface area contributed by atoms with Crippen LogP contribution in [0.4, 0.5) is 0 Å². The summed E-state index contributed by atoms with van der Waals surface area (Å²) in [5.41, 5.74) is 2.93. The Balaban J connectivity index is 2.01. The summed E-state index contributed by atoms with van der Waals surface area (Å²) in [6.45, 7) is 16.0. The second-order valence-electron chi connectivity index (χ2n) is 11.8. The third kappa shape index (κ3) is 5.48. The lowest BCUT2D eigenvalue weighted by atomic mass is 9.78. The van der Waals surface area contributed by atoms with E-state index in [1.807, 2.05) is 30.3 Å². The van der Waals surface area contributed by atoms with E-state index in [1.165, 1.54) is 15.9 Å². The molecule has 2 aromatic carbocycles. The molecule has 1 N–H and O–H groups in total. The number of hydrogen-bond donors (Lipinski definition) is 1. The third-order valence-corrected chi connectivity index (χ3v) is 8.09. The Labute approximate surface area is 237 Å². The van der Waals surface area contributed by atoms with Crippen molar-refractivity contribution in [1.82, 2.24) is 4.57 Å². The molecule has 1 aromatic heterocycles. The lowest BCUT2D eigenvalue weighted by Gasteiger charge is -2.27. The summed E-state index contributed by atoms with van der Waals surface area (Å²) in [6.07, 6.45) is 1.83. The monoisotopic (exact) mass is 566 g/mol. The molecule has 4 rings (SSSR count). The summed E-state index contributed by atoms with van der Waals surface area (Å²) in [5.74, 6) is -0.247. The average Bonchev–Trinajstić information content (AvgIpc) is 3.12. The SMILES string of the molecule is CCOC(=O)C1=C(C)N=c2s/c(=C/c3cc(C(C)(C)C)c(O)c(C(C)(C)C)c3)c(=O)n2[C@@H]1c1ccccc1Cl. The summed E-state index contributed by atoms with van der Waals surface area (Å²) >= 11 is 7.85. The van der Waals surface area contributed by atoms with E-state index in [0.717, 1.165) is 16.7 Å².